The zero-order valence-corrected chi connectivity index (χ0v) is 44.8. The van der Waals surface area contributed by atoms with Crippen LogP contribution in [0.4, 0.5) is 57.0 Å². The van der Waals surface area contributed by atoms with Crippen LogP contribution in [0.3, 0.4) is 0 Å². The summed E-state index contributed by atoms with van der Waals surface area (Å²) in [5, 5.41) is 0. The van der Waals surface area contributed by atoms with Crippen molar-refractivity contribution in [1.82, 2.24) is 4.98 Å². The summed E-state index contributed by atoms with van der Waals surface area (Å²) in [6.07, 6.45) is 1.81. The molecule has 11 aromatic rings. The quantitative estimate of drug-likeness (QED) is 0.134. The van der Waals surface area contributed by atoms with Crippen LogP contribution in [0, 0.1) is 25.7 Å². The van der Waals surface area contributed by atoms with E-state index in [9.17, 15) is 5.48 Å². The molecule has 0 saturated carbocycles. The number of pyridine rings is 1. The summed E-state index contributed by atoms with van der Waals surface area (Å²) in [6, 6.07) is 63.4. The van der Waals surface area contributed by atoms with Crippen molar-refractivity contribution in [3.63, 3.8) is 0 Å². The number of fused-ring (bicyclic) bond motifs is 6. The van der Waals surface area contributed by atoms with Crippen LogP contribution in [-0.2, 0) is 26.5 Å². The van der Waals surface area contributed by atoms with Gasteiger partial charge in [0.15, 0.2) is 0 Å². The van der Waals surface area contributed by atoms with Gasteiger partial charge >= 0.3 is 0 Å². The fourth-order valence-corrected chi connectivity index (χ4v) is 10.4. The molecule has 0 amide bonds. The third-order valence-corrected chi connectivity index (χ3v) is 14.0. The molecular formula is C71H54N5Pt-3. The third kappa shape index (κ3) is 9.11. The second-order valence-electron chi connectivity index (χ2n) is 19.9. The van der Waals surface area contributed by atoms with E-state index in [1.165, 1.54) is 0 Å². The van der Waals surface area contributed by atoms with E-state index >= 15 is 0 Å². The minimum absolute atomic E-state index is 0. The molecule has 0 fully saturated rings. The summed E-state index contributed by atoms with van der Waals surface area (Å²) >= 11 is 0. The normalized spacial score (nSPS) is 14.3. The molecule has 376 valence electrons. The molecule has 6 heteroatoms. The van der Waals surface area contributed by atoms with Crippen molar-refractivity contribution in [2.75, 3.05) is 19.6 Å². The van der Waals surface area contributed by atoms with Gasteiger partial charge < -0.3 is 19.6 Å². The second-order valence-corrected chi connectivity index (χ2v) is 19.9. The van der Waals surface area contributed by atoms with Gasteiger partial charge in [0, 0.05) is 66.7 Å². The van der Waals surface area contributed by atoms with Crippen molar-refractivity contribution in [2.24, 2.45) is 0 Å². The number of hydrogen-bond acceptors (Lipinski definition) is 5. The number of hydrogen-bond donors (Lipinski definition) is 0. The van der Waals surface area contributed by atoms with Crippen LogP contribution in [0.15, 0.2) is 249 Å². The summed E-state index contributed by atoms with van der Waals surface area (Å²) in [7, 11) is 0. The van der Waals surface area contributed by atoms with E-state index in [2.05, 4.69) is 128 Å². The summed E-state index contributed by atoms with van der Waals surface area (Å²) in [6.45, 7) is 10.2. The van der Waals surface area contributed by atoms with Crippen LogP contribution in [0.1, 0.15) is 45.6 Å². The van der Waals surface area contributed by atoms with Gasteiger partial charge in [-0.05, 0) is 100 Å². The Labute approximate surface area is 481 Å². The van der Waals surface area contributed by atoms with Crippen molar-refractivity contribution >= 4 is 57.0 Å². The zero-order valence-electron chi connectivity index (χ0n) is 52.5. The van der Waals surface area contributed by atoms with E-state index in [4.69, 9.17) is 13.2 Å². The topological polar surface area (TPSA) is 25.9 Å². The molecule has 10 aromatic carbocycles. The molecule has 2 aliphatic heterocycles. The maximum Gasteiger partial charge on any atom is 0.135 e. The summed E-state index contributed by atoms with van der Waals surface area (Å²) < 4.78 is 89.7. The molecule has 0 saturated heterocycles. The number of anilines is 10. The number of rotatable bonds is 9. The molecule has 5 nitrogen and oxygen atoms in total. The average molecular weight is 1180 g/mol. The van der Waals surface area contributed by atoms with Gasteiger partial charge in [-0.15, -0.1) is 53.8 Å². The Kier molecular flexibility index (Phi) is 10.3. The maximum absolute atomic E-state index is 9.32. The van der Waals surface area contributed by atoms with Crippen molar-refractivity contribution in [3.8, 4) is 55.6 Å². The van der Waals surface area contributed by atoms with Crippen molar-refractivity contribution in [3.05, 3.63) is 279 Å². The van der Waals surface area contributed by atoms with Crippen LogP contribution in [0.25, 0.3) is 55.6 Å². The Morgan fingerprint density at radius 3 is 1.74 bits per heavy atom. The number of benzene rings is 10. The monoisotopic (exact) mass is 1180 g/mol. The van der Waals surface area contributed by atoms with Crippen LogP contribution in [-0.4, -0.2) is 4.98 Å². The summed E-state index contributed by atoms with van der Waals surface area (Å²) in [5.74, 6) is 0.722. The smallest absolute Gasteiger partial charge is 0.135 e. The Hall–Kier alpha value is -8.76. The van der Waals surface area contributed by atoms with Crippen LogP contribution >= 0.6 is 0 Å². The molecule has 0 N–H and O–H groups in total. The molecule has 13 rings (SSSR count). The van der Waals surface area contributed by atoms with Gasteiger partial charge in [-0.25, -0.2) is 4.98 Å². The largest absolute Gasteiger partial charge is 0.493 e. The molecule has 0 aliphatic carbocycles. The van der Waals surface area contributed by atoms with E-state index in [1.54, 1.807) is 19.1 Å². The van der Waals surface area contributed by atoms with Crippen LogP contribution in [0.5, 0.6) is 0 Å². The van der Waals surface area contributed by atoms with Crippen LogP contribution < -0.4 is 19.6 Å². The van der Waals surface area contributed by atoms with Gasteiger partial charge in [0.1, 0.15) is 5.82 Å². The number of aromatic nitrogens is 1. The molecule has 2 aliphatic rings. The fraction of sp³-hybridized carbons (Fsp3) is 0.0704. The summed E-state index contributed by atoms with van der Waals surface area (Å²) in [4.78, 5) is 13.1. The fourth-order valence-electron chi connectivity index (χ4n) is 10.4. The van der Waals surface area contributed by atoms with E-state index < -0.39 is 60.4 Å². The van der Waals surface area contributed by atoms with Crippen molar-refractivity contribution in [2.45, 2.75) is 33.1 Å². The number of para-hydroxylation sites is 3. The van der Waals surface area contributed by atoms with Gasteiger partial charge in [-0.2, -0.15) is 6.07 Å². The Morgan fingerprint density at radius 2 is 1.09 bits per heavy atom. The van der Waals surface area contributed by atoms with Gasteiger partial charge in [0.2, 0.25) is 0 Å². The summed E-state index contributed by atoms with van der Waals surface area (Å²) in [5.41, 5.74) is 13.6. The van der Waals surface area contributed by atoms with E-state index in [1.807, 2.05) is 108 Å². The standard InChI is InChI=1S/C71H54N5.Pt/c1-49-41-63(51-25-11-6-12-26-51)70(64(42-49)52-27-13-7-14-28-52)74-48-73(65-33-19-20-34-66(65)74)57-43-53(50-23-9-5-10-24-50)44-58(46-57)75(55-29-15-8-16-30-55)56-37-39-62-60-32-18-17-31-59(60)61-38-36-54(71(2,3)4)45-67(61)76(68(62)47-56)69-35-21-22-40-72-69;/h5-45,48H,1-4H3;/q-3;/i6D,7D,11D,12D,13D,14D,25D,26D,27D,28D;. The second kappa shape index (κ2) is 20.4. The minimum Gasteiger partial charge on any atom is -0.493 e. The Bertz CT molecular complexity index is 4390. The van der Waals surface area contributed by atoms with Gasteiger partial charge in [-0.1, -0.05) is 207 Å². The average Bonchev–Trinajstić information content (AvgIpc) is 1.90. The van der Waals surface area contributed by atoms with Crippen molar-refractivity contribution < 1.29 is 34.8 Å². The first-order valence-corrected chi connectivity index (χ1v) is 25.2. The van der Waals surface area contributed by atoms with Crippen molar-refractivity contribution in [1.29, 1.82) is 0 Å². The molecule has 1 aromatic heterocycles. The Morgan fingerprint density at radius 1 is 0.494 bits per heavy atom. The molecule has 0 spiro atoms. The zero-order chi connectivity index (χ0) is 60.0. The van der Waals surface area contributed by atoms with E-state index in [0.717, 1.165) is 61.8 Å². The molecule has 77 heavy (non-hydrogen) atoms. The SMILES string of the molecule is [2H]c1c([2H])c([2H])c(-c2cc(C)cc(-c3c([2H])c([2H])c([2H])c([2H])c3[2H])c2N2[CH-]N(c3[c-]c(N(c4[c-]c5c(cc4)-c4ccccc4-c4ccc(C(C)(C)C)cc4N5c4ccccn4)c4ccccc4)cc(-c4ccccc4)c3)c3ccccc32)c([2H])c1[2H].[Pt]. The molecule has 0 atom stereocenters. The minimum atomic E-state index is -0.568. The Balaban J connectivity index is 0.00000739. The van der Waals surface area contributed by atoms with E-state index in [-0.39, 0.29) is 54.4 Å². The number of nitrogens with zero attached hydrogens (tertiary/aromatic N) is 5. The predicted molar refractivity (Wildman–Crippen MR) is 317 cm³/mol. The molecule has 3 heterocycles. The predicted octanol–water partition coefficient (Wildman–Crippen LogP) is 19.3. The van der Waals surface area contributed by atoms with Gasteiger partial charge in [-0.3, -0.25) is 0 Å². The van der Waals surface area contributed by atoms with Crippen LogP contribution in [0.2, 0.25) is 0 Å². The molecule has 0 unspecified atom stereocenters. The first-order chi connectivity index (χ1) is 41.4. The van der Waals surface area contributed by atoms with Gasteiger partial charge in [0.05, 0.1) is 19.4 Å². The molecule has 0 radical (unpaired) electrons. The molecular weight excluding hydrogens is 1120 g/mol. The van der Waals surface area contributed by atoms with Gasteiger partial charge in [0.25, 0.3) is 0 Å². The third-order valence-electron chi connectivity index (χ3n) is 14.0. The first kappa shape index (κ1) is 38.7. The molecule has 0 bridgehead atoms. The number of aryl methyl sites for hydroxylation is 1. The maximum atomic E-state index is 9.32. The van der Waals surface area contributed by atoms with E-state index in [0.29, 0.717) is 34.0 Å². The first-order valence-electron chi connectivity index (χ1n) is 30.2.